The van der Waals surface area contributed by atoms with Crippen LogP contribution in [0.15, 0.2) is 18.2 Å². The van der Waals surface area contributed by atoms with Crippen LogP contribution in [-0.4, -0.2) is 27.8 Å². The number of fused-ring (bicyclic) bond motifs is 1. The van der Waals surface area contributed by atoms with Gasteiger partial charge in [-0.25, -0.2) is 0 Å². The number of carboxylic acid groups (broad SMARTS) is 1. The Bertz CT molecular complexity index is 610. The van der Waals surface area contributed by atoms with Gasteiger partial charge in [0.05, 0.1) is 11.4 Å². The summed E-state index contributed by atoms with van der Waals surface area (Å²) in [4.78, 5) is 11.0. The van der Waals surface area contributed by atoms with Crippen LogP contribution >= 0.6 is 11.6 Å². The predicted molar refractivity (Wildman–Crippen MR) is 67.6 cm³/mol. The van der Waals surface area contributed by atoms with Crippen LogP contribution in [0.1, 0.15) is 18.0 Å². The number of H-pyrrole nitrogens is 1. The van der Waals surface area contributed by atoms with Crippen LogP contribution in [0.2, 0.25) is 5.15 Å². The molecule has 2 atom stereocenters. The van der Waals surface area contributed by atoms with Gasteiger partial charge in [0.2, 0.25) is 0 Å². The lowest BCUT2D eigenvalue weighted by Gasteiger charge is -2.11. The topological polar surface area (TPSA) is 78.0 Å². The molecule has 0 bridgehead atoms. The average Bonchev–Trinajstić information content (AvgIpc) is 2.96. The molecule has 1 aliphatic heterocycles. The van der Waals surface area contributed by atoms with Crippen LogP contribution in [0, 0.1) is 5.92 Å². The molecule has 3 rings (SSSR count). The van der Waals surface area contributed by atoms with Gasteiger partial charge < -0.3 is 10.4 Å². The van der Waals surface area contributed by atoms with E-state index in [1.807, 2.05) is 18.2 Å². The average molecular weight is 266 g/mol. The van der Waals surface area contributed by atoms with Crippen molar-refractivity contribution in [1.29, 1.82) is 0 Å². The summed E-state index contributed by atoms with van der Waals surface area (Å²) in [6.45, 7) is 0.492. The van der Waals surface area contributed by atoms with E-state index in [1.54, 1.807) is 0 Å². The summed E-state index contributed by atoms with van der Waals surface area (Å²) in [5.74, 6) is -1.09. The molecule has 0 radical (unpaired) electrons. The van der Waals surface area contributed by atoms with Crippen LogP contribution < -0.4 is 5.32 Å². The highest BCUT2D eigenvalue weighted by atomic mass is 35.5. The molecule has 6 heteroatoms. The maximum atomic E-state index is 11.0. The van der Waals surface area contributed by atoms with Crippen LogP contribution in [0.3, 0.4) is 0 Å². The molecule has 5 nitrogen and oxygen atoms in total. The van der Waals surface area contributed by atoms with Crippen molar-refractivity contribution in [3.63, 3.8) is 0 Å². The molecule has 1 aromatic carbocycles. The first-order valence-electron chi connectivity index (χ1n) is 5.75. The zero-order valence-corrected chi connectivity index (χ0v) is 10.2. The summed E-state index contributed by atoms with van der Waals surface area (Å²) in [7, 11) is 0. The SMILES string of the molecule is O=C(O)C1CNC(c2cccc3n[nH]c(Cl)c23)C1. The summed E-state index contributed by atoms with van der Waals surface area (Å²) >= 11 is 6.09. The van der Waals surface area contributed by atoms with Gasteiger partial charge in [-0.3, -0.25) is 9.89 Å². The lowest BCUT2D eigenvalue weighted by molar-refractivity contribution is -0.141. The van der Waals surface area contributed by atoms with Crippen LogP contribution in [0.25, 0.3) is 10.9 Å². The first-order valence-corrected chi connectivity index (χ1v) is 6.13. The monoisotopic (exact) mass is 265 g/mol. The number of benzene rings is 1. The van der Waals surface area contributed by atoms with E-state index in [-0.39, 0.29) is 12.0 Å². The molecule has 2 unspecified atom stereocenters. The summed E-state index contributed by atoms with van der Waals surface area (Å²) in [5.41, 5.74) is 1.81. The third-order valence-corrected chi connectivity index (χ3v) is 3.70. The number of aromatic nitrogens is 2. The number of carbonyl (C=O) groups is 1. The Hall–Kier alpha value is -1.59. The largest absolute Gasteiger partial charge is 0.481 e. The van der Waals surface area contributed by atoms with Crippen molar-refractivity contribution in [2.75, 3.05) is 6.54 Å². The number of hydrogen-bond donors (Lipinski definition) is 3. The van der Waals surface area contributed by atoms with Crippen molar-refractivity contribution >= 4 is 28.5 Å². The molecule has 2 heterocycles. The second kappa shape index (κ2) is 4.26. The van der Waals surface area contributed by atoms with Crippen molar-refractivity contribution in [2.24, 2.45) is 5.92 Å². The summed E-state index contributed by atoms with van der Waals surface area (Å²) in [6, 6.07) is 5.77. The van der Waals surface area contributed by atoms with Gasteiger partial charge in [0.25, 0.3) is 0 Å². The van der Waals surface area contributed by atoms with Crippen LogP contribution in [-0.2, 0) is 4.79 Å². The highest BCUT2D eigenvalue weighted by molar-refractivity contribution is 6.34. The molecule has 2 aromatic rings. The number of nitrogens with zero attached hydrogens (tertiary/aromatic N) is 1. The van der Waals surface area contributed by atoms with Crippen LogP contribution in [0.4, 0.5) is 0 Å². The van der Waals surface area contributed by atoms with Gasteiger partial charge >= 0.3 is 5.97 Å². The molecule has 3 N–H and O–H groups in total. The van der Waals surface area contributed by atoms with Gasteiger partial charge in [-0.15, -0.1) is 0 Å². The number of nitrogens with one attached hydrogen (secondary N) is 2. The van der Waals surface area contributed by atoms with Gasteiger partial charge in [0.1, 0.15) is 5.15 Å². The van der Waals surface area contributed by atoms with Crippen molar-refractivity contribution < 1.29 is 9.90 Å². The van der Waals surface area contributed by atoms with Crippen molar-refractivity contribution in [2.45, 2.75) is 12.5 Å². The molecule has 1 aliphatic rings. The molecule has 0 spiro atoms. The van der Waals surface area contributed by atoms with Crippen LogP contribution in [0.5, 0.6) is 0 Å². The number of aliphatic carboxylic acids is 1. The van der Waals surface area contributed by atoms with Gasteiger partial charge in [-0.2, -0.15) is 5.10 Å². The van der Waals surface area contributed by atoms with Gasteiger partial charge in [-0.05, 0) is 18.1 Å². The zero-order chi connectivity index (χ0) is 12.7. The Balaban J connectivity index is 2.00. The molecule has 1 saturated heterocycles. The van der Waals surface area contributed by atoms with E-state index in [2.05, 4.69) is 15.5 Å². The molecule has 0 saturated carbocycles. The Morgan fingerprint density at radius 1 is 1.50 bits per heavy atom. The van der Waals surface area contributed by atoms with E-state index in [0.29, 0.717) is 18.1 Å². The van der Waals surface area contributed by atoms with E-state index < -0.39 is 5.97 Å². The lowest BCUT2D eigenvalue weighted by atomic mass is 9.98. The Labute approximate surface area is 108 Å². The van der Waals surface area contributed by atoms with E-state index in [9.17, 15) is 4.79 Å². The lowest BCUT2D eigenvalue weighted by Crippen LogP contribution is -2.17. The molecule has 1 fully saturated rings. The highest BCUT2D eigenvalue weighted by Gasteiger charge is 2.31. The van der Waals surface area contributed by atoms with Gasteiger partial charge in [0.15, 0.2) is 0 Å². The second-order valence-corrected chi connectivity index (χ2v) is 4.89. The predicted octanol–water partition coefficient (Wildman–Crippen LogP) is 1.95. The molecular weight excluding hydrogens is 254 g/mol. The fourth-order valence-corrected chi connectivity index (χ4v) is 2.75. The van der Waals surface area contributed by atoms with E-state index in [4.69, 9.17) is 16.7 Å². The fourth-order valence-electron chi connectivity index (χ4n) is 2.51. The maximum absolute atomic E-state index is 11.0. The summed E-state index contributed by atoms with van der Waals surface area (Å²) in [5, 5.41) is 20.5. The number of hydrogen-bond acceptors (Lipinski definition) is 3. The van der Waals surface area contributed by atoms with E-state index in [0.717, 1.165) is 16.5 Å². The zero-order valence-electron chi connectivity index (χ0n) is 9.48. The first kappa shape index (κ1) is 11.5. The van der Waals surface area contributed by atoms with Crippen molar-refractivity contribution in [3.8, 4) is 0 Å². The van der Waals surface area contributed by atoms with Gasteiger partial charge in [0, 0.05) is 18.0 Å². The first-order chi connectivity index (χ1) is 8.66. The van der Waals surface area contributed by atoms with E-state index in [1.165, 1.54) is 0 Å². The normalized spacial score (nSPS) is 23.6. The molecule has 1 aromatic heterocycles. The third-order valence-electron chi connectivity index (χ3n) is 3.42. The maximum Gasteiger partial charge on any atom is 0.307 e. The number of carboxylic acids is 1. The third kappa shape index (κ3) is 1.76. The number of halogens is 1. The molecule has 0 aliphatic carbocycles. The standard InChI is InChI=1S/C12H12ClN3O2/c13-11-10-7(2-1-3-8(10)15-16-11)9-4-6(5-14-9)12(17)18/h1-3,6,9,14H,4-5H2,(H,15,16)(H,17,18). The number of rotatable bonds is 2. The Kier molecular flexibility index (Phi) is 2.72. The van der Waals surface area contributed by atoms with Gasteiger partial charge in [-0.1, -0.05) is 23.7 Å². The minimum Gasteiger partial charge on any atom is -0.481 e. The minimum absolute atomic E-state index is 0.0184. The summed E-state index contributed by atoms with van der Waals surface area (Å²) in [6.07, 6.45) is 0.579. The smallest absolute Gasteiger partial charge is 0.307 e. The fraction of sp³-hybridized carbons (Fsp3) is 0.333. The Morgan fingerprint density at radius 2 is 2.33 bits per heavy atom. The Morgan fingerprint density at radius 3 is 3.06 bits per heavy atom. The quantitative estimate of drug-likeness (QED) is 0.776. The molecule has 18 heavy (non-hydrogen) atoms. The highest BCUT2D eigenvalue weighted by Crippen LogP contribution is 2.34. The summed E-state index contributed by atoms with van der Waals surface area (Å²) < 4.78 is 0. The molecule has 94 valence electrons. The van der Waals surface area contributed by atoms with Crippen molar-refractivity contribution in [1.82, 2.24) is 15.5 Å². The number of aromatic amines is 1. The minimum atomic E-state index is -0.754. The molecule has 0 amide bonds. The second-order valence-electron chi connectivity index (χ2n) is 4.51. The molecular formula is C12H12ClN3O2. The van der Waals surface area contributed by atoms with Crippen molar-refractivity contribution in [3.05, 3.63) is 28.9 Å². The van der Waals surface area contributed by atoms with E-state index >= 15 is 0 Å².